The van der Waals surface area contributed by atoms with Crippen molar-refractivity contribution in [3.63, 3.8) is 0 Å². The maximum Gasteiger partial charge on any atom is 0.119 e. The van der Waals surface area contributed by atoms with E-state index in [1.807, 2.05) is 48.5 Å². The zero-order valence-electron chi connectivity index (χ0n) is 10.3. The number of rotatable bonds is 5. The van der Waals surface area contributed by atoms with Gasteiger partial charge in [-0.05, 0) is 35.4 Å². The Morgan fingerprint density at radius 1 is 1.11 bits per heavy atom. The SMILES string of the molecule is NC(=S)Cc1ccc(OCc2cccc(Cl)c2)cc1. The molecule has 0 atom stereocenters. The Hall–Kier alpha value is -1.58. The minimum absolute atomic E-state index is 0.493. The van der Waals surface area contributed by atoms with Crippen LogP contribution in [-0.2, 0) is 13.0 Å². The third kappa shape index (κ3) is 4.54. The van der Waals surface area contributed by atoms with Gasteiger partial charge in [0.25, 0.3) is 0 Å². The van der Waals surface area contributed by atoms with Gasteiger partial charge in [0.05, 0.1) is 4.99 Å². The van der Waals surface area contributed by atoms with Crippen LogP contribution >= 0.6 is 23.8 Å². The third-order valence-corrected chi connectivity index (χ3v) is 2.98. The van der Waals surface area contributed by atoms with Crippen molar-refractivity contribution in [1.82, 2.24) is 0 Å². The number of thiocarbonyl (C=S) groups is 1. The quantitative estimate of drug-likeness (QED) is 0.852. The van der Waals surface area contributed by atoms with Crippen LogP contribution in [-0.4, -0.2) is 4.99 Å². The third-order valence-electron chi connectivity index (χ3n) is 2.60. The summed E-state index contributed by atoms with van der Waals surface area (Å²) >= 11 is 10.8. The molecule has 0 bridgehead atoms. The summed E-state index contributed by atoms with van der Waals surface area (Å²) in [5, 5.41) is 0.716. The van der Waals surface area contributed by atoms with Crippen molar-refractivity contribution in [1.29, 1.82) is 0 Å². The van der Waals surface area contributed by atoms with Crippen molar-refractivity contribution >= 4 is 28.8 Å². The van der Waals surface area contributed by atoms with E-state index in [9.17, 15) is 0 Å². The number of nitrogens with two attached hydrogens (primary N) is 1. The second-order valence-electron chi connectivity index (χ2n) is 4.21. The Morgan fingerprint density at radius 2 is 1.84 bits per heavy atom. The first-order chi connectivity index (χ1) is 9.13. The van der Waals surface area contributed by atoms with Crippen LogP contribution in [0.5, 0.6) is 5.75 Å². The molecule has 0 radical (unpaired) electrons. The van der Waals surface area contributed by atoms with Gasteiger partial charge in [-0.2, -0.15) is 0 Å². The largest absolute Gasteiger partial charge is 0.489 e. The molecule has 19 heavy (non-hydrogen) atoms. The van der Waals surface area contributed by atoms with Crippen molar-refractivity contribution in [2.24, 2.45) is 5.73 Å². The monoisotopic (exact) mass is 291 g/mol. The van der Waals surface area contributed by atoms with E-state index in [0.717, 1.165) is 16.9 Å². The highest BCUT2D eigenvalue weighted by Crippen LogP contribution is 2.16. The molecule has 0 fully saturated rings. The summed E-state index contributed by atoms with van der Waals surface area (Å²) in [6.45, 7) is 0.495. The first kappa shape index (κ1) is 13.8. The molecule has 0 spiro atoms. The Bertz CT molecular complexity index is 569. The zero-order valence-corrected chi connectivity index (χ0v) is 11.9. The molecule has 0 amide bonds. The number of hydrogen-bond acceptors (Lipinski definition) is 2. The lowest BCUT2D eigenvalue weighted by molar-refractivity contribution is 0.306. The maximum atomic E-state index is 5.92. The van der Waals surface area contributed by atoms with Gasteiger partial charge in [0.15, 0.2) is 0 Å². The predicted molar refractivity (Wildman–Crippen MR) is 82.7 cm³/mol. The molecule has 0 aliphatic rings. The van der Waals surface area contributed by atoms with Gasteiger partial charge >= 0.3 is 0 Å². The second kappa shape index (κ2) is 6.55. The first-order valence-electron chi connectivity index (χ1n) is 5.88. The van der Waals surface area contributed by atoms with E-state index in [4.69, 9.17) is 34.3 Å². The lowest BCUT2D eigenvalue weighted by atomic mass is 10.1. The number of halogens is 1. The molecule has 2 rings (SSSR count). The van der Waals surface area contributed by atoms with Crippen molar-refractivity contribution in [2.45, 2.75) is 13.0 Å². The normalized spacial score (nSPS) is 10.2. The van der Waals surface area contributed by atoms with Gasteiger partial charge in [0.2, 0.25) is 0 Å². The lowest BCUT2D eigenvalue weighted by Crippen LogP contribution is -2.10. The second-order valence-corrected chi connectivity index (χ2v) is 5.17. The Kier molecular flexibility index (Phi) is 4.77. The summed E-state index contributed by atoms with van der Waals surface area (Å²) in [5.41, 5.74) is 7.63. The van der Waals surface area contributed by atoms with Gasteiger partial charge in [-0.25, -0.2) is 0 Å². The molecule has 2 aromatic rings. The van der Waals surface area contributed by atoms with Crippen LogP contribution < -0.4 is 10.5 Å². The van der Waals surface area contributed by atoms with Crippen LogP contribution in [0.4, 0.5) is 0 Å². The van der Waals surface area contributed by atoms with E-state index in [1.165, 1.54) is 0 Å². The molecule has 0 unspecified atom stereocenters. The molecule has 2 aromatic carbocycles. The van der Waals surface area contributed by atoms with E-state index in [1.54, 1.807) is 0 Å². The van der Waals surface area contributed by atoms with Gasteiger partial charge < -0.3 is 10.5 Å². The highest BCUT2D eigenvalue weighted by Gasteiger charge is 1.99. The molecule has 4 heteroatoms. The Labute approximate surface area is 123 Å². The topological polar surface area (TPSA) is 35.2 Å². The van der Waals surface area contributed by atoms with Gasteiger partial charge in [0.1, 0.15) is 12.4 Å². The molecule has 0 saturated carbocycles. The fraction of sp³-hybridized carbons (Fsp3) is 0.133. The van der Waals surface area contributed by atoms with Crippen LogP contribution in [0.25, 0.3) is 0 Å². The van der Waals surface area contributed by atoms with Crippen LogP contribution in [0.2, 0.25) is 5.02 Å². The molecular weight excluding hydrogens is 278 g/mol. The van der Waals surface area contributed by atoms with E-state index in [2.05, 4.69) is 0 Å². The summed E-state index contributed by atoms with van der Waals surface area (Å²) in [4.78, 5) is 0.493. The smallest absolute Gasteiger partial charge is 0.119 e. The molecular formula is C15H14ClNOS. The maximum absolute atomic E-state index is 5.92. The molecule has 2 N–H and O–H groups in total. The summed E-state index contributed by atoms with van der Waals surface area (Å²) < 4.78 is 5.68. The Balaban J connectivity index is 1.94. The van der Waals surface area contributed by atoms with Crippen molar-refractivity contribution in [3.05, 3.63) is 64.7 Å². The van der Waals surface area contributed by atoms with E-state index < -0.39 is 0 Å². The molecule has 0 saturated heterocycles. The number of ether oxygens (including phenoxy) is 1. The van der Waals surface area contributed by atoms with Crippen LogP contribution in [0.15, 0.2) is 48.5 Å². The van der Waals surface area contributed by atoms with E-state index in [0.29, 0.717) is 23.0 Å². The van der Waals surface area contributed by atoms with E-state index in [-0.39, 0.29) is 0 Å². The fourth-order valence-electron chi connectivity index (χ4n) is 1.70. The van der Waals surface area contributed by atoms with Gasteiger partial charge in [-0.1, -0.05) is 48.1 Å². The predicted octanol–water partition coefficient (Wildman–Crippen LogP) is 3.75. The molecule has 0 aliphatic carbocycles. The standard InChI is InChI=1S/C15H14ClNOS/c16-13-3-1-2-12(8-13)10-18-14-6-4-11(5-7-14)9-15(17)19/h1-8H,9-10H2,(H2,17,19). The highest BCUT2D eigenvalue weighted by molar-refractivity contribution is 7.80. The molecule has 0 aliphatic heterocycles. The zero-order chi connectivity index (χ0) is 13.7. The molecule has 0 aromatic heterocycles. The number of hydrogen-bond donors (Lipinski definition) is 1. The van der Waals surface area contributed by atoms with Crippen LogP contribution in [0, 0.1) is 0 Å². The highest BCUT2D eigenvalue weighted by atomic mass is 35.5. The summed E-state index contributed by atoms with van der Waals surface area (Å²) in [5.74, 6) is 0.812. The summed E-state index contributed by atoms with van der Waals surface area (Å²) in [6, 6.07) is 15.4. The van der Waals surface area contributed by atoms with Crippen LogP contribution in [0.3, 0.4) is 0 Å². The molecule has 2 nitrogen and oxygen atoms in total. The minimum atomic E-state index is 0.493. The van der Waals surface area contributed by atoms with Gasteiger partial charge in [-0.15, -0.1) is 0 Å². The van der Waals surface area contributed by atoms with Crippen molar-refractivity contribution in [2.75, 3.05) is 0 Å². The first-order valence-corrected chi connectivity index (χ1v) is 6.66. The fourth-order valence-corrected chi connectivity index (χ4v) is 2.08. The van der Waals surface area contributed by atoms with E-state index >= 15 is 0 Å². The van der Waals surface area contributed by atoms with Gasteiger partial charge in [0, 0.05) is 11.4 Å². The average molecular weight is 292 g/mol. The summed E-state index contributed by atoms with van der Waals surface area (Å²) in [6.07, 6.45) is 0.615. The summed E-state index contributed by atoms with van der Waals surface area (Å²) in [7, 11) is 0. The van der Waals surface area contributed by atoms with Crippen LogP contribution in [0.1, 0.15) is 11.1 Å². The van der Waals surface area contributed by atoms with Gasteiger partial charge in [-0.3, -0.25) is 0 Å². The molecule has 98 valence electrons. The van der Waals surface area contributed by atoms with Crippen molar-refractivity contribution < 1.29 is 4.74 Å². The Morgan fingerprint density at radius 3 is 2.47 bits per heavy atom. The van der Waals surface area contributed by atoms with Crippen molar-refractivity contribution in [3.8, 4) is 5.75 Å². The lowest BCUT2D eigenvalue weighted by Gasteiger charge is -2.07. The minimum Gasteiger partial charge on any atom is -0.489 e. The average Bonchev–Trinajstić information content (AvgIpc) is 2.37. The number of benzene rings is 2. The molecule has 0 heterocycles.